The van der Waals surface area contributed by atoms with E-state index in [1.165, 1.54) is 12.1 Å². The summed E-state index contributed by atoms with van der Waals surface area (Å²) < 4.78 is 46.2. The Morgan fingerprint density at radius 2 is 2.10 bits per heavy atom. The molecule has 1 heterocycles. The molecule has 1 fully saturated rings. The predicted octanol–water partition coefficient (Wildman–Crippen LogP) is 1.48. The molecule has 0 aromatic heterocycles. The maximum absolute atomic E-state index is 12.4. The molecular weight excluding hydrogens is 291 g/mol. The van der Waals surface area contributed by atoms with Crippen molar-refractivity contribution < 1.29 is 32.9 Å². The van der Waals surface area contributed by atoms with Gasteiger partial charge in [0.2, 0.25) is 0 Å². The zero-order valence-electron chi connectivity index (χ0n) is 11.3. The zero-order chi connectivity index (χ0) is 15.6. The molecule has 0 radical (unpaired) electrons. The van der Waals surface area contributed by atoms with E-state index in [1.807, 2.05) is 0 Å². The molecule has 1 saturated heterocycles. The average Bonchev–Trinajstić information content (AvgIpc) is 2.78. The molecular formula is C13H16F3NO4. The van der Waals surface area contributed by atoms with E-state index in [0.29, 0.717) is 0 Å². The number of hydrogen-bond acceptors (Lipinski definition) is 5. The van der Waals surface area contributed by atoms with Crippen LogP contribution in [0.25, 0.3) is 0 Å². The highest BCUT2D eigenvalue weighted by Gasteiger charge is 2.34. The van der Waals surface area contributed by atoms with Gasteiger partial charge >= 0.3 is 6.36 Å². The second-order valence-electron chi connectivity index (χ2n) is 4.89. The summed E-state index contributed by atoms with van der Waals surface area (Å²) in [6, 6.07) is 3.35. The number of hydrogen-bond donors (Lipinski definition) is 2. The van der Waals surface area contributed by atoms with Crippen molar-refractivity contribution in [3.63, 3.8) is 0 Å². The number of phenolic OH excluding ortho intramolecular Hbond substituents is 1. The smallest absolute Gasteiger partial charge is 0.507 e. The minimum atomic E-state index is -4.84. The number of ether oxygens (including phenoxy) is 2. The summed E-state index contributed by atoms with van der Waals surface area (Å²) in [7, 11) is 1.63. The van der Waals surface area contributed by atoms with Crippen LogP contribution >= 0.6 is 0 Å². The second-order valence-corrected chi connectivity index (χ2v) is 4.89. The van der Waals surface area contributed by atoms with Gasteiger partial charge in [0.25, 0.3) is 0 Å². The first kappa shape index (κ1) is 15.9. The van der Waals surface area contributed by atoms with E-state index in [1.54, 1.807) is 11.9 Å². The highest BCUT2D eigenvalue weighted by atomic mass is 19.4. The van der Waals surface area contributed by atoms with Crippen LogP contribution in [0.3, 0.4) is 0 Å². The van der Waals surface area contributed by atoms with E-state index in [9.17, 15) is 23.4 Å². The molecule has 8 heteroatoms. The van der Waals surface area contributed by atoms with Gasteiger partial charge in [0.15, 0.2) is 0 Å². The van der Waals surface area contributed by atoms with Gasteiger partial charge in [-0.3, -0.25) is 4.90 Å². The number of halogens is 3. The molecule has 0 saturated carbocycles. The van der Waals surface area contributed by atoms with Gasteiger partial charge in [-0.25, -0.2) is 0 Å². The van der Waals surface area contributed by atoms with Crippen molar-refractivity contribution >= 4 is 0 Å². The molecule has 0 aliphatic carbocycles. The van der Waals surface area contributed by atoms with Gasteiger partial charge in [0.05, 0.1) is 30.9 Å². The van der Waals surface area contributed by atoms with Crippen molar-refractivity contribution in [1.29, 1.82) is 0 Å². The van der Waals surface area contributed by atoms with Gasteiger partial charge in [-0.05, 0) is 19.2 Å². The number of nitrogens with zero attached hydrogens (tertiary/aromatic N) is 1. The van der Waals surface area contributed by atoms with E-state index in [-0.39, 0.29) is 37.1 Å². The van der Waals surface area contributed by atoms with Gasteiger partial charge in [0, 0.05) is 6.54 Å². The fraction of sp³-hybridized carbons (Fsp3) is 0.538. The van der Waals surface area contributed by atoms with Gasteiger partial charge < -0.3 is 19.7 Å². The molecule has 0 unspecified atom stereocenters. The summed E-state index contributed by atoms with van der Waals surface area (Å²) in [4.78, 5) is 1.62. The Morgan fingerprint density at radius 3 is 2.67 bits per heavy atom. The Bertz CT molecular complexity index is 495. The van der Waals surface area contributed by atoms with Gasteiger partial charge in [0.1, 0.15) is 11.5 Å². The topological polar surface area (TPSA) is 62.2 Å². The van der Waals surface area contributed by atoms with E-state index < -0.39 is 18.2 Å². The van der Waals surface area contributed by atoms with Crippen LogP contribution in [-0.2, 0) is 11.3 Å². The van der Waals surface area contributed by atoms with E-state index in [2.05, 4.69) is 4.74 Å². The van der Waals surface area contributed by atoms with Crippen LogP contribution in [0.1, 0.15) is 5.56 Å². The number of benzene rings is 1. The first-order chi connectivity index (χ1) is 9.78. The number of alkyl halides is 3. The molecule has 5 nitrogen and oxygen atoms in total. The molecule has 0 bridgehead atoms. The molecule has 118 valence electrons. The summed E-state index contributed by atoms with van der Waals surface area (Å²) in [5.74, 6) is -0.750. The van der Waals surface area contributed by atoms with Crippen molar-refractivity contribution in [1.82, 2.24) is 4.90 Å². The monoisotopic (exact) mass is 307 g/mol. The maximum atomic E-state index is 12.4. The van der Waals surface area contributed by atoms with E-state index in [4.69, 9.17) is 4.74 Å². The quantitative estimate of drug-likeness (QED) is 0.882. The third-order valence-corrected chi connectivity index (χ3v) is 3.33. The Labute approximate surface area is 119 Å². The molecule has 2 N–H and O–H groups in total. The van der Waals surface area contributed by atoms with E-state index in [0.717, 1.165) is 6.07 Å². The average molecular weight is 307 g/mol. The van der Waals surface area contributed by atoms with Gasteiger partial charge in [-0.1, -0.05) is 6.07 Å². The second kappa shape index (κ2) is 6.08. The van der Waals surface area contributed by atoms with Crippen LogP contribution in [-0.4, -0.2) is 53.9 Å². The number of aliphatic hydroxyl groups excluding tert-OH is 1. The van der Waals surface area contributed by atoms with Crippen molar-refractivity contribution in [2.24, 2.45) is 0 Å². The van der Waals surface area contributed by atoms with Crippen LogP contribution < -0.4 is 4.74 Å². The normalized spacial score (nSPS) is 22.8. The van der Waals surface area contributed by atoms with Crippen molar-refractivity contribution in [2.75, 3.05) is 20.3 Å². The summed E-state index contributed by atoms with van der Waals surface area (Å²) in [6.45, 7) is 0.450. The van der Waals surface area contributed by atoms with Gasteiger partial charge in [-0.15, -0.1) is 13.2 Å². The third-order valence-electron chi connectivity index (χ3n) is 3.33. The standard InChI is InChI=1S/C13H16F3NO4/c1-17(9-6-20-7-11(9)19)5-8-10(18)3-2-4-12(8)21-13(14,15)16/h2-4,9,11,18-19H,5-7H2,1H3/t9-,11-/m1/s1. The molecule has 1 aromatic carbocycles. The van der Waals surface area contributed by atoms with Crippen LogP contribution in [0.4, 0.5) is 13.2 Å². The molecule has 0 amide bonds. The van der Waals surface area contributed by atoms with Crippen LogP contribution in [0.2, 0.25) is 0 Å². The lowest BCUT2D eigenvalue weighted by molar-refractivity contribution is -0.275. The molecule has 2 atom stereocenters. The number of phenols is 1. The Kier molecular flexibility index (Phi) is 4.60. The third kappa shape index (κ3) is 3.99. The molecule has 1 aromatic rings. The summed E-state index contributed by atoms with van der Waals surface area (Å²) in [6.07, 6.45) is -5.55. The lowest BCUT2D eigenvalue weighted by atomic mass is 10.1. The minimum Gasteiger partial charge on any atom is -0.507 e. The molecule has 21 heavy (non-hydrogen) atoms. The Hall–Kier alpha value is -1.51. The first-order valence-corrected chi connectivity index (χ1v) is 6.30. The summed E-state index contributed by atoms with van der Waals surface area (Å²) >= 11 is 0. The van der Waals surface area contributed by atoms with Crippen LogP contribution in [0, 0.1) is 0 Å². The lowest BCUT2D eigenvalue weighted by Crippen LogP contribution is -2.40. The number of aliphatic hydroxyl groups is 1. The van der Waals surface area contributed by atoms with Crippen LogP contribution in [0.15, 0.2) is 18.2 Å². The molecule has 1 aliphatic heterocycles. The fourth-order valence-electron chi connectivity index (χ4n) is 2.25. The van der Waals surface area contributed by atoms with E-state index >= 15 is 0 Å². The number of likely N-dealkylation sites (N-methyl/N-ethyl adjacent to an activating group) is 1. The number of rotatable bonds is 4. The lowest BCUT2D eigenvalue weighted by Gasteiger charge is -2.26. The highest BCUT2D eigenvalue weighted by molar-refractivity contribution is 5.44. The zero-order valence-corrected chi connectivity index (χ0v) is 11.3. The SMILES string of the molecule is CN(Cc1c(O)cccc1OC(F)(F)F)[C@@H]1COC[C@H]1O. The fourth-order valence-corrected chi connectivity index (χ4v) is 2.25. The minimum absolute atomic E-state index is 0.0106. The van der Waals surface area contributed by atoms with Crippen molar-refractivity contribution in [3.05, 3.63) is 23.8 Å². The van der Waals surface area contributed by atoms with Crippen molar-refractivity contribution in [3.8, 4) is 11.5 Å². The first-order valence-electron chi connectivity index (χ1n) is 6.30. The number of aromatic hydroxyl groups is 1. The van der Waals surface area contributed by atoms with Crippen LogP contribution in [0.5, 0.6) is 11.5 Å². The molecule has 0 spiro atoms. The van der Waals surface area contributed by atoms with Gasteiger partial charge in [-0.2, -0.15) is 0 Å². The maximum Gasteiger partial charge on any atom is 0.573 e. The Morgan fingerprint density at radius 1 is 1.38 bits per heavy atom. The van der Waals surface area contributed by atoms with Crippen molar-refractivity contribution in [2.45, 2.75) is 25.1 Å². The molecule has 2 rings (SSSR count). The Balaban J connectivity index is 2.18. The largest absolute Gasteiger partial charge is 0.573 e. The highest BCUT2D eigenvalue weighted by Crippen LogP contribution is 2.33. The summed E-state index contributed by atoms with van der Waals surface area (Å²) in [5.41, 5.74) is 0.0106. The summed E-state index contributed by atoms with van der Waals surface area (Å²) in [5, 5.41) is 19.5. The predicted molar refractivity (Wildman–Crippen MR) is 66.9 cm³/mol. The molecule has 1 aliphatic rings.